The number of carbonyl (C=O) groups excluding carboxylic acids is 1. The third-order valence-electron chi connectivity index (χ3n) is 4.02. The molecule has 3 aromatic rings. The van der Waals surface area contributed by atoms with Gasteiger partial charge in [0, 0.05) is 30.4 Å². The summed E-state index contributed by atoms with van der Waals surface area (Å²) in [6.45, 7) is -1.47. The number of hydrogen-bond acceptors (Lipinski definition) is 4. The highest BCUT2D eigenvalue weighted by atomic mass is 19.4. The van der Waals surface area contributed by atoms with Crippen molar-refractivity contribution in [1.29, 1.82) is 0 Å². The zero-order chi connectivity index (χ0) is 20.7. The van der Waals surface area contributed by atoms with Gasteiger partial charge in [0.1, 0.15) is 5.69 Å². The Labute approximate surface area is 165 Å². The fraction of sp³-hybridized carbons (Fsp3) is 0.250. The number of amides is 1. The number of halogens is 3. The molecular formula is C20H19F3N4O2. The number of pyridine rings is 1. The van der Waals surface area contributed by atoms with Crippen molar-refractivity contribution in [1.82, 2.24) is 20.3 Å². The second kappa shape index (κ2) is 9.22. The lowest BCUT2D eigenvalue weighted by Crippen LogP contribution is -2.38. The number of nitrogens with zero attached hydrogens (tertiary/aromatic N) is 2. The molecule has 1 atom stereocenters. The first kappa shape index (κ1) is 20.4. The van der Waals surface area contributed by atoms with E-state index in [1.807, 2.05) is 30.3 Å². The topological polar surface area (TPSA) is 79.9 Å². The number of aromatic nitrogens is 3. The lowest BCUT2D eigenvalue weighted by molar-refractivity contribution is -0.154. The van der Waals surface area contributed by atoms with Crippen LogP contribution in [0.1, 0.15) is 21.7 Å². The molecule has 9 heteroatoms. The van der Waals surface area contributed by atoms with Gasteiger partial charge < -0.3 is 15.0 Å². The van der Waals surface area contributed by atoms with Gasteiger partial charge >= 0.3 is 6.18 Å². The van der Waals surface area contributed by atoms with Crippen LogP contribution in [0.4, 0.5) is 13.2 Å². The van der Waals surface area contributed by atoms with Crippen molar-refractivity contribution in [3.05, 3.63) is 78.0 Å². The van der Waals surface area contributed by atoms with E-state index < -0.39 is 18.7 Å². The van der Waals surface area contributed by atoms with E-state index in [1.54, 1.807) is 12.5 Å². The van der Waals surface area contributed by atoms with E-state index in [0.717, 1.165) is 11.3 Å². The van der Waals surface area contributed by atoms with Gasteiger partial charge in [-0.25, -0.2) is 9.97 Å². The van der Waals surface area contributed by atoms with Crippen LogP contribution in [0.2, 0.25) is 0 Å². The van der Waals surface area contributed by atoms with Crippen LogP contribution in [0.3, 0.4) is 0 Å². The quantitative estimate of drug-likeness (QED) is 0.604. The Balaban J connectivity index is 1.70. The van der Waals surface area contributed by atoms with Crippen molar-refractivity contribution in [2.75, 3.05) is 6.61 Å². The standard InChI is InChI=1S/C20H19F3N4O2/c21-20(22,23)12-29-18-8-4-7-17(27-18)19(28)26-15(10-16-11-24-13-25-16)9-14-5-2-1-3-6-14/h1-8,11,13,15H,9-10,12H2,(H,24,25)(H,26,28)/t15-/m0/s1. The largest absolute Gasteiger partial charge is 0.468 e. The first-order valence-corrected chi connectivity index (χ1v) is 8.88. The molecule has 0 saturated carbocycles. The summed E-state index contributed by atoms with van der Waals surface area (Å²) in [5, 5.41) is 2.89. The van der Waals surface area contributed by atoms with Crippen LogP contribution >= 0.6 is 0 Å². The van der Waals surface area contributed by atoms with Gasteiger partial charge in [-0.1, -0.05) is 36.4 Å². The van der Waals surface area contributed by atoms with Gasteiger partial charge in [-0.15, -0.1) is 0 Å². The molecule has 2 N–H and O–H groups in total. The number of ether oxygens (including phenoxy) is 1. The second-order valence-electron chi connectivity index (χ2n) is 6.41. The van der Waals surface area contributed by atoms with Gasteiger partial charge in [-0.2, -0.15) is 13.2 Å². The molecule has 0 radical (unpaired) electrons. The smallest absolute Gasteiger partial charge is 0.422 e. The Morgan fingerprint density at radius 3 is 2.59 bits per heavy atom. The lowest BCUT2D eigenvalue weighted by Gasteiger charge is -2.18. The number of rotatable bonds is 8. The number of carbonyl (C=O) groups is 1. The normalized spacial score (nSPS) is 12.4. The first-order valence-electron chi connectivity index (χ1n) is 8.88. The van der Waals surface area contributed by atoms with Gasteiger partial charge in [-0.05, 0) is 18.1 Å². The average Bonchev–Trinajstić information content (AvgIpc) is 3.20. The van der Waals surface area contributed by atoms with Crippen molar-refractivity contribution in [2.24, 2.45) is 0 Å². The molecule has 29 heavy (non-hydrogen) atoms. The Hall–Kier alpha value is -3.36. The average molecular weight is 404 g/mol. The molecule has 2 aromatic heterocycles. The Bertz CT molecular complexity index is 915. The molecule has 6 nitrogen and oxygen atoms in total. The van der Waals surface area contributed by atoms with E-state index in [1.165, 1.54) is 18.2 Å². The number of nitrogens with one attached hydrogen (secondary N) is 2. The van der Waals surface area contributed by atoms with Gasteiger partial charge in [0.25, 0.3) is 5.91 Å². The molecular weight excluding hydrogens is 385 g/mol. The number of benzene rings is 1. The Morgan fingerprint density at radius 2 is 1.90 bits per heavy atom. The predicted octanol–water partition coefficient (Wildman–Crippen LogP) is 3.33. The minimum absolute atomic E-state index is 0.0210. The minimum atomic E-state index is -4.48. The molecule has 0 aliphatic heterocycles. The highest BCUT2D eigenvalue weighted by molar-refractivity contribution is 5.92. The molecule has 0 aliphatic carbocycles. The molecule has 0 saturated heterocycles. The van der Waals surface area contributed by atoms with Gasteiger partial charge in [-0.3, -0.25) is 4.79 Å². The zero-order valence-electron chi connectivity index (χ0n) is 15.3. The number of H-pyrrole nitrogens is 1. The molecule has 0 fully saturated rings. The third-order valence-corrected chi connectivity index (χ3v) is 4.02. The lowest BCUT2D eigenvalue weighted by atomic mass is 10.0. The highest BCUT2D eigenvalue weighted by Gasteiger charge is 2.28. The molecule has 0 spiro atoms. The van der Waals surface area contributed by atoms with Crippen molar-refractivity contribution in [3.8, 4) is 5.88 Å². The Kier molecular flexibility index (Phi) is 6.48. The number of imidazole rings is 1. The van der Waals surface area contributed by atoms with Gasteiger partial charge in [0.2, 0.25) is 5.88 Å². The number of alkyl halides is 3. The molecule has 152 valence electrons. The van der Waals surface area contributed by atoms with Crippen LogP contribution in [0.15, 0.2) is 61.1 Å². The maximum Gasteiger partial charge on any atom is 0.422 e. The van der Waals surface area contributed by atoms with E-state index >= 15 is 0 Å². The number of aromatic amines is 1. The van der Waals surface area contributed by atoms with Crippen molar-refractivity contribution < 1.29 is 22.7 Å². The summed E-state index contributed by atoms with van der Waals surface area (Å²) >= 11 is 0. The molecule has 0 unspecified atom stereocenters. The highest BCUT2D eigenvalue weighted by Crippen LogP contribution is 2.17. The summed E-state index contributed by atoms with van der Waals surface area (Å²) < 4.78 is 41.6. The maximum atomic E-state index is 12.6. The monoisotopic (exact) mass is 404 g/mol. The molecule has 3 rings (SSSR count). The van der Waals surface area contributed by atoms with E-state index in [-0.39, 0.29) is 17.6 Å². The van der Waals surface area contributed by atoms with Gasteiger partial charge in [0.05, 0.1) is 6.33 Å². The van der Waals surface area contributed by atoms with Crippen LogP contribution < -0.4 is 10.1 Å². The summed E-state index contributed by atoms with van der Waals surface area (Å²) in [4.78, 5) is 23.5. The molecule has 2 heterocycles. The first-order chi connectivity index (χ1) is 13.9. The summed E-state index contributed by atoms with van der Waals surface area (Å²) in [7, 11) is 0. The van der Waals surface area contributed by atoms with E-state index in [2.05, 4.69) is 25.0 Å². The zero-order valence-corrected chi connectivity index (χ0v) is 15.3. The molecule has 0 aliphatic rings. The SMILES string of the molecule is O=C(N[C@@H](Cc1ccccc1)Cc1cnc[nH]1)c1cccc(OCC(F)(F)F)n1. The van der Waals surface area contributed by atoms with Crippen molar-refractivity contribution >= 4 is 5.91 Å². The van der Waals surface area contributed by atoms with Crippen molar-refractivity contribution in [3.63, 3.8) is 0 Å². The third kappa shape index (κ3) is 6.63. The number of hydrogen-bond donors (Lipinski definition) is 2. The fourth-order valence-electron chi connectivity index (χ4n) is 2.77. The van der Waals surface area contributed by atoms with E-state index in [0.29, 0.717) is 12.8 Å². The van der Waals surface area contributed by atoms with E-state index in [9.17, 15) is 18.0 Å². The van der Waals surface area contributed by atoms with E-state index in [4.69, 9.17) is 0 Å². The summed E-state index contributed by atoms with van der Waals surface area (Å²) in [6, 6.07) is 13.5. The molecule has 1 aromatic carbocycles. The maximum absolute atomic E-state index is 12.6. The fourth-order valence-corrected chi connectivity index (χ4v) is 2.77. The van der Waals surface area contributed by atoms with Crippen LogP contribution in [-0.2, 0) is 12.8 Å². The van der Waals surface area contributed by atoms with Crippen LogP contribution in [-0.4, -0.2) is 39.7 Å². The summed E-state index contributed by atoms with van der Waals surface area (Å²) in [5.41, 5.74) is 1.86. The van der Waals surface area contributed by atoms with Crippen LogP contribution in [0.5, 0.6) is 5.88 Å². The Morgan fingerprint density at radius 1 is 1.10 bits per heavy atom. The van der Waals surface area contributed by atoms with Crippen LogP contribution in [0, 0.1) is 0 Å². The second-order valence-corrected chi connectivity index (χ2v) is 6.41. The van der Waals surface area contributed by atoms with Gasteiger partial charge in [0.15, 0.2) is 6.61 Å². The minimum Gasteiger partial charge on any atom is -0.468 e. The predicted molar refractivity (Wildman–Crippen MR) is 99.5 cm³/mol. The van der Waals surface area contributed by atoms with Crippen molar-refractivity contribution in [2.45, 2.75) is 25.1 Å². The summed E-state index contributed by atoms with van der Waals surface area (Å²) in [5.74, 6) is -0.758. The van der Waals surface area contributed by atoms with Crippen LogP contribution in [0.25, 0.3) is 0 Å². The molecule has 0 bridgehead atoms. The molecule has 1 amide bonds. The summed E-state index contributed by atoms with van der Waals surface area (Å²) in [6.07, 6.45) is -0.181.